The third-order valence-corrected chi connectivity index (χ3v) is 3.58. The summed E-state index contributed by atoms with van der Waals surface area (Å²) >= 11 is 0. The second-order valence-corrected chi connectivity index (χ2v) is 6.79. The second kappa shape index (κ2) is 8.78. The standard InChI is InChI=1S/C21H27NO2/c1-21(2,3)24-16-10-15-20(19-13-8-5-9-14-19)22(23)17-18-11-6-4-7-12-18/h4-15,20,23H,16-17H2,1-3H3/b15-10+. The highest BCUT2D eigenvalue weighted by Crippen LogP contribution is 2.22. The van der Waals surface area contributed by atoms with Gasteiger partial charge in [-0.25, -0.2) is 0 Å². The first-order chi connectivity index (χ1) is 11.5. The zero-order valence-corrected chi connectivity index (χ0v) is 14.7. The topological polar surface area (TPSA) is 32.7 Å². The molecule has 3 heteroatoms. The van der Waals surface area contributed by atoms with Crippen LogP contribution in [0.25, 0.3) is 0 Å². The Hall–Kier alpha value is -1.94. The lowest BCUT2D eigenvalue weighted by molar-refractivity contribution is -0.124. The van der Waals surface area contributed by atoms with E-state index in [0.717, 1.165) is 11.1 Å². The van der Waals surface area contributed by atoms with E-state index in [9.17, 15) is 5.21 Å². The molecule has 2 aromatic rings. The molecule has 1 N–H and O–H groups in total. The van der Waals surface area contributed by atoms with Crippen LogP contribution in [-0.4, -0.2) is 22.5 Å². The highest BCUT2D eigenvalue weighted by Gasteiger charge is 2.16. The van der Waals surface area contributed by atoms with Crippen LogP contribution >= 0.6 is 0 Å². The Morgan fingerprint density at radius 3 is 2.17 bits per heavy atom. The monoisotopic (exact) mass is 325 g/mol. The summed E-state index contributed by atoms with van der Waals surface area (Å²) in [7, 11) is 0. The quantitative estimate of drug-likeness (QED) is 0.575. The molecule has 2 rings (SSSR count). The molecule has 3 nitrogen and oxygen atoms in total. The van der Waals surface area contributed by atoms with Crippen molar-refractivity contribution in [1.29, 1.82) is 0 Å². The maximum absolute atomic E-state index is 10.6. The lowest BCUT2D eigenvalue weighted by atomic mass is 10.1. The van der Waals surface area contributed by atoms with Crippen molar-refractivity contribution < 1.29 is 9.94 Å². The summed E-state index contributed by atoms with van der Waals surface area (Å²) < 4.78 is 5.73. The van der Waals surface area contributed by atoms with Crippen molar-refractivity contribution in [3.05, 3.63) is 83.9 Å². The lowest BCUT2D eigenvalue weighted by Gasteiger charge is -2.24. The number of rotatable bonds is 7. The SMILES string of the molecule is CC(C)(C)OC/C=C/C(c1ccccc1)N(O)Cc1ccccc1. The molecule has 0 radical (unpaired) electrons. The molecule has 0 aliphatic rings. The summed E-state index contributed by atoms with van der Waals surface area (Å²) in [4.78, 5) is 0. The van der Waals surface area contributed by atoms with Crippen molar-refractivity contribution in [2.75, 3.05) is 6.61 Å². The van der Waals surface area contributed by atoms with Gasteiger partial charge in [0.05, 0.1) is 18.2 Å². The molecule has 0 spiro atoms. The zero-order valence-electron chi connectivity index (χ0n) is 14.7. The van der Waals surface area contributed by atoms with Gasteiger partial charge in [-0.15, -0.1) is 0 Å². The summed E-state index contributed by atoms with van der Waals surface area (Å²) in [6.07, 6.45) is 3.96. The summed E-state index contributed by atoms with van der Waals surface area (Å²) in [5.74, 6) is 0. The minimum absolute atomic E-state index is 0.171. The zero-order chi connectivity index (χ0) is 17.4. The van der Waals surface area contributed by atoms with Crippen LogP contribution < -0.4 is 0 Å². The van der Waals surface area contributed by atoms with Crippen molar-refractivity contribution in [3.63, 3.8) is 0 Å². The average molecular weight is 325 g/mol. The Morgan fingerprint density at radius 2 is 1.58 bits per heavy atom. The van der Waals surface area contributed by atoms with Crippen molar-refractivity contribution in [3.8, 4) is 0 Å². The van der Waals surface area contributed by atoms with Crippen LogP contribution in [0.1, 0.15) is 37.9 Å². The predicted molar refractivity (Wildman–Crippen MR) is 97.8 cm³/mol. The maximum atomic E-state index is 10.6. The predicted octanol–water partition coefficient (Wildman–Crippen LogP) is 4.99. The van der Waals surface area contributed by atoms with Gasteiger partial charge in [0.15, 0.2) is 0 Å². The van der Waals surface area contributed by atoms with Crippen LogP contribution in [-0.2, 0) is 11.3 Å². The summed E-state index contributed by atoms with van der Waals surface area (Å²) in [5, 5.41) is 12.0. The average Bonchev–Trinajstić information content (AvgIpc) is 2.55. The Balaban J connectivity index is 2.09. The van der Waals surface area contributed by atoms with Crippen molar-refractivity contribution in [2.24, 2.45) is 0 Å². The molecule has 0 bridgehead atoms. The highest BCUT2D eigenvalue weighted by atomic mass is 16.5. The fourth-order valence-corrected chi connectivity index (χ4v) is 2.38. The number of hydrogen-bond acceptors (Lipinski definition) is 3. The molecular weight excluding hydrogens is 298 g/mol. The van der Waals surface area contributed by atoms with E-state index in [1.54, 1.807) is 0 Å². The third kappa shape index (κ3) is 6.28. The number of hydrogen-bond donors (Lipinski definition) is 1. The Kier molecular flexibility index (Phi) is 6.73. The van der Waals surface area contributed by atoms with E-state index < -0.39 is 0 Å². The van der Waals surface area contributed by atoms with Gasteiger partial charge in [-0.05, 0) is 31.9 Å². The van der Waals surface area contributed by atoms with Crippen LogP contribution in [0.3, 0.4) is 0 Å². The second-order valence-electron chi connectivity index (χ2n) is 6.79. The van der Waals surface area contributed by atoms with E-state index in [1.807, 2.05) is 93.6 Å². The van der Waals surface area contributed by atoms with Crippen LogP contribution in [0.4, 0.5) is 0 Å². The van der Waals surface area contributed by atoms with E-state index in [1.165, 1.54) is 5.06 Å². The minimum atomic E-state index is -0.213. The fourth-order valence-electron chi connectivity index (χ4n) is 2.38. The molecule has 0 fully saturated rings. The molecule has 0 amide bonds. The van der Waals surface area contributed by atoms with E-state index in [-0.39, 0.29) is 11.6 Å². The largest absolute Gasteiger partial charge is 0.372 e. The van der Waals surface area contributed by atoms with Gasteiger partial charge in [0, 0.05) is 6.54 Å². The first-order valence-corrected chi connectivity index (χ1v) is 8.31. The van der Waals surface area contributed by atoms with E-state index >= 15 is 0 Å². The van der Waals surface area contributed by atoms with Crippen molar-refractivity contribution >= 4 is 0 Å². The summed E-state index contributed by atoms with van der Waals surface area (Å²) in [5.41, 5.74) is 1.94. The minimum Gasteiger partial charge on any atom is -0.372 e. The Morgan fingerprint density at radius 1 is 1.00 bits per heavy atom. The molecule has 1 atom stereocenters. The first-order valence-electron chi connectivity index (χ1n) is 8.31. The van der Waals surface area contributed by atoms with E-state index in [2.05, 4.69) is 0 Å². The van der Waals surface area contributed by atoms with Gasteiger partial charge in [0.25, 0.3) is 0 Å². The normalized spacial score (nSPS) is 13.5. The van der Waals surface area contributed by atoms with Gasteiger partial charge in [-0.2, -0.15) is 5.06 Å². The molecule has 0 saturated heterocycles. The smallest absolute Gasteiger partial charge is 0.0785 e. The molecule has 2 aromatic carbocycles. The van der Waals surface area contributed by atoms with Gasteiger partial charge in [-0.1, -0.05) is 72.8 Å². The lowest BCUT2D eigenvalue weighted by Crippen LogP contribution is -2.24. The Labute approximate surface area is 145 Å². The number of ether oxygens (including phenoxy) is 1. The molecule has 0 heterocycles. The van der Waals surface area contributed by atoms with Crippen LogP contribution in [0.5, 0.6) is 0 Å². The summed E-state index contributed by atoms with van der Waals surface area (Å²) in [6, 6.07) is 19.7. The number of nitrogens with zero attached hydrogens (tertiary/aromatic N) is 1. The third-order valence-electron chi connectivity index (χ3n) is 3.58. The Bertz CT molecular complexity index is 617. The molecule has 128 valence electrons. The van der Waals surface area contributed by atoms with Gasteiger partial charge < -0.3 is 9.94 Å². The van der Waals surface area contributed by atoms with Gasteiger partial charge in [0.2, 0.25) is 0 Å². The van der Waals surface area contributed by atoms with Crippen LogP contribution in [0.2, 0.25) is 0 Å². The first kappa shape index (κ1) is 18.4. The molecule has 0 aromatic heterocycles. The van der Waals surface area contributed by atoms with Gasteiger partial charge >= 0.3 is 0 Å². The van der Waals surface area contributed by atoms with Crippen molar-refractivity contribution in [2.45, 2.75) is 39.0 Å². The highest BCUT2D eigenvalue weighted by molar-refractivity contribution is 5.23. The summed E-state index contributed by atoms with van der Waals surface area (Å²) in [6.45, 7) is 7.08. The maximum Gasteiger partial charge on any atom is 0.0785 e. The number of benzene rings is 2. The molecule has 1 unspecified atom stereocenters. The van der Waals surface area contributed by atoms with Crippen LogP contribution in [0.15, 0.2) is 72.8 Å². The molecular formula is C21H27NO2. The van der Waals surface area contributed by atoms with E-state index in [4.69, 9.17) is 4.74 Å². The fraction of sp³-hybridized carbons (Fsp3) is 0.333. The van der Waals surface area contributed by atoms with Crippen molar-refractivity contribution in [1.82, 2.24) is 5.06 Å². The molecule has 0 aliphatic carbocycles. The molecule has 0 saturated carbocycles. The van der Waals surface area contributed by atoms with Gasteiger partial charge in [0.1, 0.15) is 0 Å². The number of hydroxylamine groups is 2. The van der Waals surface area contributed by atoms with Gasteiger partial charge in [-0.3, -0.25) is 0 Å². The molecule has 24 heavy (non-hydrogen) atoms. The van der Waals surface area contributed by atoms with E-state index in [0.29, 0.717) is 13.2 Å². The molecule has 0 aliphatic heterocycles. The van der Waals surface area contributed by atoms with Crippen LogP contribution in [0, 0.1) is 0 Å².